The fourth-order valence-corrected chi connectivity index (χ4v) is 13.0. The molecule has 2 aromatic rings. The Morgan fingerprint density at radius 1 is 0.914 bits per heavy atom. The van der Waals surface area contributed by atoms with Gasteiger partial charge in [0, 0.05) is 28.5 Å². The third-order valence-corrected chi connectivity index (χ3v) is 17.7. The number of carbonyl (C=O) groups excluding carboxylic acids is 3. The SMILES string of the molecule is CC1=CCCC2(C)C(CCC2(O)CN(CC2CCC3CC2C3(C)C)C(=O)C23CCC(C)(C(=O)O2)C3(C)C)c2ccc(cc2C(=O)c2ccc(F)c(F)c2)CC(O)CC1. The van der Waals surface area contributed by atoms with Crippen molar-refractivity contribution in [2.75, 3.05) is 13.1 Å². The number of aliphatic hydroxyl groups is 2. The zero-order valence-electron chi connectivity index (χ0n) is 35.6. The number of amides is 1. The summed E-state index contributed by atoms with van der Waals surface area (Å²) in [5.41, 5.74) is -1.90. The van der Waals surface area contributed by atoms with Crippen LogP contribution in [0, 0.1) is 51.0 Å². The quantitative estimate of drug-likeness (QED) is 0.165. The van der Waals surface area contributed by atoms with E-state index in [0.717, 1.165) is 42.5 Å². The molecule has 2 N–H and O–H groups in total. The van der Waals surface area contributed by atoms with E-state index in [2.05, 4.69) is 33.8 Å². The van der Waals surface area contributed by atoms with E-state index < -0.39 is 51.0 Å². The molecule has 2 aromatic carbocycles. The zero-order chi connectivity index (χ0) is 41.8. The second-order valence-electron chi connectivity index (χ2n) is 21.0. The van der Waals surface area contributed by atoms with Crippen molar-refractivity contribution >= 4 is 17.7 Å². The Labute approximate surface area is 343 Å². The van der Waals surface area contributed by atoms with Crippen molar-refractivity contribution in [3.05, 3.63) is 81.9 Å². The first-order valence-corrected chi connectivity index (χ1v) is 21.9. The highest BCUT2D eigenvalue weighted by molar-refractivity contribution is 6.10. The lowest BCUT2D eigenvalue weighted by Crippen LogP contribution is -2.62. The maximum atomic E-state index is 15.5. The van der Waals surface area contributed by atoms with Crippen molar-refractivity contribution in [1.82, 2.24) is 4.90 Å². The van der Waals surface area contributed by atoms with Gasteiger partial charge in [0.25, 0.3) is 5.91 Å². The molecule has 0 aromatic heterocycles. The Morgan fingerprint density at radius 3 is 2.33 bits per heavy atom. The predicted molar refractivity (Wildman–Crippen MR) is 218 cm³/mol. The number of fused-ring (bicyclic) bond motifs is 12. The van der Waals surface area contributed by atoms with Crippen LogP contribution in [-0.4, -0.2) is 63.2 Å². The van der Waals surface area contributed by atoms with Crippen molar-refractivity contribution in [2.45, 2.75) is 149 Å². The molecule has 8 aliphatic rings. The van der Waals surface area contributed by atoms with Crippen LogP contribution in [-0.2, 0) is 20.7 Å². The summed E-state index contributed by atoms with van der Waals surface area (Å²) in [6, 6.07) is 8.85. The molecule has 7 aliphatic carbocycles. The highest BCUT2D eigenvalue weighted by Crippen LogP contribution is 2.67. The maximum Gasteiger partial charge on any atom is 0.313 e. The summed E-state index contributed by atoms with van der Waals surface area (Å²) >= 11 is 0. The van der Waals surface area contributed by atoms with Gasteiger partial charge in [0.2, 0.25) is 0 Å². The van der Waals surface area contributed by atoms with Crippen LogP contribution in [0.2, 0.25) is 0 Å². The van der Waals surface area contributed by atoms with Crippen LogP contribution in [0.15, 0.2) is 48.0 Å². The molecule has 9 unspecified atom stereocenters. The minimum atomic E-state index is -1.39. The predicted octanol–water partition coefficient (Wildman–Crippen LogP) is 9.26. The van der Waals surface area contributed by atoms with E-state index in [4.69, 9.17) is 4.74 Å². The normalized spacial score (nSPS) is 37.3. The second kappa shape index (κ2) is 14.1. The van der Waals surface area contributed by atoms with Gasteiger partial charge in [-0.2, -0.15) is 0 Å². The first-order valence-electron chi connectivity index (χ1n) is 21.9. The summed E-state index contributed by atoms with van der Waals surface area (Å²) in [7, 11) is 0. The van der Waals surface area contributed by atoms with Gasteiger partial charge in [0.1, 0.15) is 0 Å². The standard InChI is InChI=1S/C49H63F2NO6/c1-29-9-8-19-46(6)37(35-16-11-30(23-34(53)15-10-29)24-36(35)41(54)31-13-17-39(50)40(51)25-31)18-20-48(46,57)28-52(27-32-12-14-33-26-38(32)44(33,2)3)42(55)49-22-21-47(7,43(56)58-49)45(49,4)5/h9,11,13,16-17,24-25,32-34,37-38,53,57H,8,10,12,14-15,18-23,26-28H2,1-7H3. The van der Waals surface area contributed by atoms with Gasteiger partial charge in [-0.05, 0) is 155 Å². The Kier molecular flexibility index (Phi) is 10.0. The average molecular weight is 800 g/mol. The Morgan fingerprint density at radius 2 is 1.67 bits per heavy atom. The summed E-state index contributed by atoms with van der Waals surface area (Å²) in [4.78, 5) is 45.3. The highest BCUT2D eigenvalue weighted by Gasteiger charge is 2.76. The second-order valence-corrected chi connectivity index (χ2v) is 21.0. The van der Waals surface area contributed by atoms with E-state index in [-0.39, 0.29) is 41.2 Å². The van der Waals surface area contributed by atoms with E-state index in [0.29, 0.717) is 87.3 Å². The van der Waals surface area contributed by atoms with E-state index >= 15 is 4.79 Å². The number of hydrogen-bond donors (Lipinski definition) is 2. The first-order chi connectivity index (χ1) is 27.2. The fourth-order valence-electron chi connectivity index (χ4n) is 13.0. The molecule has 1 saturated heterocycles. The van der Waals surface area contributed by atoms with Gasteiger partial charge in [-0.3, -0.25) is 14.4 Å². The van der Waals surface area contributed by atoms with Gasteiger partial charge in [0.05, 0.1) is 23.7 Å². The van der Waals surface area contributed by atoms with Gasteiger partial charge in [0.15, 0.2) is 23.0 Å². The highest BCUT2D eigenvalue weighted by atomic mass is 19.2. The van der Waals surface area contributed by atoms with Crippen LogP contribution >= 0.6 is 0 Å². The average Bonchev–Trinajstić information content (AvgIpc) is 3.61. The molecule has 1 heterocycles. The summed E-state index contributed by atoms with van der Waals surface area (Å²) in [6.45, 7) is 15.3. The van der Waals surface area contributed by atoms with Gasteiger partial charge >= 0.3 is 5.97 Å². The number of rotatable bonds is 7. The minimum Gasteiger partial charge on any atom is -0.448 e. The van der Waals surface area contributed by atoms with Crippen LogP contribution in [0.4, 0.5) is 8.78 Å². The van der Waals surface area contributed by atoms with Crippen molar-refractivity contribution in [2.24, 2.45) is 39.4 Å². The van der Waals surface area contributed by atoms with Crippen molar-refractivity contribution in [3.63, 3.8) is 0 Å². The summed E-state index contributed by atoms with van der Waals surface area (Å²) in [5, 5.41) is 24.5. The van der Waals surface area contributed by atoms with Crippen LogP contribution < -0.4 is 0 Å². The molecule has 10 rings (SSSR count). The number of ether oxygens (including phenoxy) is 1. The van der Waals surface area contributed by atoms with Gasteiger partial charge < -0.3 is 19.8 Å². The number of ketones is 1. The molecular formula is C49H63F2NO6. The summed E-state index contributed by atoms with van der Waals surface area (Å²) in [5.74, 6) is -2.07. The third kappa shape index (κ3) is 6.09. The number of allylic oxidation sites excluding steroid dienone is 2. The number of carbonyl (C=O) groups is 3. The minimum absolute atomic E-state index is 0.0226. The first kappa shape index (κ1) is 41.3. The monoisotopic (exact) mass is 799 g/mol. The largest absolute Gasteiger partial charge is 0.448 e. The molecule has 1 aliphatic heterocycles. The molecule has 5 saturated carbocycles. The van der Waals surface area contributed by atoms with Crippen molar-refractivity contribution < 1.29 is 38.1 Å². The van der Waals surface area contributed by atoms with Gasteiger partial charge in [-0.15, -0.1) is 0 Å². The van der Waals surface area contributed by atoms with Crippen LogP contribution in [0.3, 0.4) is 0 Å². The number of aliphatic hydroxyl groups excluding tert-OH is 1. The third-order valence-electron chi connectivity index (χ3n) is 17.7. The van der Waals surface area contributed by atoms with Crippen LogP contribution in [0.25, 0.3) is 0 Å². The molecule has 6 fully saturated rings. The molecule has 58 heavy (non-hydrogen) atoms. The topological polar surface area (TPSA) is 104 Å². The number of hydrogen-bond acceptors (Lipinski definition) is 6. The van der Waals surface area contributed by atoms with E-state index in [9.17, 15) is 28.6 Å². The number of nitrogens with zero attached hydrogens (tertiary/aromatic N) is 1. The van der Waals surface area contributed by atoms with Crippen molar-refractivity contribution in [1.29, 1.82) is 0 Å². The summed E-state index contributed by atoms with van der Waals surface area (Å²) < 4.78 is 34.9. The molecule has 0 spiro atoms. The Balaban J connectivity index is 1.22. The number of esters is 1. The van der Waals surface area contributed by atoms with E-state index in [1.165, 1.54) is 6.07 Å². The smallest absolute Gasteiger partial charge is 0.313 e. The molecule has 9 heteroatoms. The van der Waals surface area contributed by atoms with Gasteiger partial charge in [-0.1, -0.05) is 58.4 Å². The zero-order valence-corrected chi connectivity index (χ0v) is 35.6. The Bertz CT molecular complexity index is 2060. The molecule has 1 amide bonds. The Hall–Kier alpha value is -3.43. The molecule has 9 atom stereocenters. The molecule has 0 radical (unpaired) electrons. The van der Waals surface area contributed by atoms with E-state index in [1.54, 1.807) is 6.07 Å². The number of halogens is 2. The molecule has 7 nitrogen and oxygen atoms in total. The molecule has 314 valence electrons. The van der Waals surface area contributed by atoms with Gasteiger partial charge in [-0.25, -0.2) is 8.78 Å². The summed E-state index contributed by atoms with van der Waals surface area (Å²) in [6.07, 6.45) is 9.49. The lowest BCUT2D eigenvalue weighted by molar-refractivity contribution is -0.181. The van der Waals surface area contributed by atoms with Crippen LogP contribution in [0.1, 0.15) is 152 Å². The molecular weight excluding hydrogens is 737 g/mol. The maximum absolute atomic E-state index is 15.5. The molecule has 6 bridgehead atoms. The van der Waals surface area contributed by atoms with Crippen molar-refractivity contribution in [3.8, 4) is 0 Å². The lowest BCUT2D eigenvalue weighted by atomic mass is 9.45. The van der Waals surface area contributed by atoms with E-state index in [1.807, 2.05) is 37.8 Å². The van der Waals surface area contributed by atoms with Crippen LogP contribution in [0.5, 0.6) is 0 Å². The number of benzene rings is 2. The lowest BCUT2D eigenvalue weighted by Gasteiger charge is -2.61. The fraction of sp³-hybridized carbons (Fsp3) is 0.653.